The molecule has 0 spiro atoms. The highest BCUT2D eigenvalue weighted by Crippen LogP contribution is 2.25. The molecule has 180 valence electrons. The third-order valence-electron chi connectivity index (χ3n) is 5.96. The van der Waals surface area contributed by atoms with E-state index in [1.807, 2.05) is 39.8 Å². The van der Waals surface area contributed by atoms with Crippen LogP contribution >= 0.6 is 0 Å². The molecule has 2 fully saturated rings. The van der Waals surface area contributed by atoms with Crippen molar-refractivity contribution in [3.63, 3.8) is 0 Å². The molecule has 1 amide bonds. The van der Waals surface area contributed by atoms with E-state index in [1.165, 1.54) is 0 Å². The second-order valence-electron chi connectivity index (χ2n) is 10.2. The van der Waals surface area contributed by atoms with E-state index in [0.29, 0.717) is 19.0 Å². The van der Waals surface area contributed by atoms with E-state index >= 15 is 0 Å². The number of H-pyrrole nitrogens is 1. The van der Waals surface area contributed by atoms with Crippen LogP contribution in [-0.4, -0.2) is 88.0 Å². The summed E-state index contributed by atoms with van der Waals surface area (Å²) in [7, 11) is 2.14. The zero-order chi connectivity index (χ0) is 23.6. The number of rotatable bonds is 5. The molecular formula is C23H36N8O2. The minimum Gasteiger partial charge on any atom is -0.444 e. The van der Waals surface area contributed by atoms with Crippen molar-refractivity contribution in [3.8, 4) is 0 Å². The normalized spacial score (nSPS) is 19.7. The smallest absolute Gasteiger partial charge is 0.410 e. The molecule has 0 aromatic carbocycles. The van der Waals surface area contributed by atoms with Crippen LogP contribution in [0.15, 0.2) is 12.1 Å². The molecule has 2 aromatic heterocycles. The number of likely N-dealkylation sites (N-methyl/N-ethyl adjacent to an activating group) is 1. The van der Waals surface area contributed by atoms with E-state index in [-0.39, 0.29) is 6.09 Å². The quantitative estimate of drug-likeness (QED) is 0.708. The van der Waals surface area contributed by atoms with Gasteiger partial charge in [-0.3, -0.25) is 5.10 Å². The number of anilines is 3. The number of carbonyl (C=O) groups excluding carboxylic acids is 1. The molecule has 0 bridgehead atoms. The SMILES string of the molecule is Cc1cc(Nc2cc(N3CCN(C)CC3)nc(C[C@@H]3CCN(C(=O)OC(C)(C)C)C3)n2)n[nH]1. The summed E-state index contributed by atoms with van der Waals surface area (Å²) < 4.78 is 5.54. The molecule has 1 atom stereocenters. The Balaban J connectivity index is 1.48. The van der Waals surface area contributed by atoms with Gasteiger partial charge in [0.25, 0.3) is 0 Å². The summed E-state index contributed by atoms with van der Waals surface area (Å²) in [6.07, 6.45) is 1.39. The summed E-state index contributed by atoms with van der Waals surface area (Å²) in [6.45, 7) is 12.9. The molecule has 10 heteroatoms. The molecule has 2 N–H and O–H groups in total. The Morgan fingerprint density at radius 2 is 1.91 bits per heavy atom. The average molecular weight is 457 g/mol. The molecule has 33 heavy (non-hydrogen) atoms. The minimum absolute atomic E-state index is 0.242. The lowest BCUT2D eigenvalue weighted by molar-refractivity contribution is 0.0288. The lowest BCUT2D eigenvalue weighted by Crippen LogP contribution is -2.45. The van der Waals surface area contributed by atoms with Crippen LogP contribution in [0.5, 0.6) is 0 Å². The van der Waals surface area contributed by atoms with Gasteiger partial charge in [-0.25, -0.2) is 14.8 Å². The van der Waals surface area contributed by atoms with E-state index < -0.39 is 5.60 Å². The topological polar surface area (TPSA) is 103 Å². The van der Waals surface area contributed by atoms with Gasteiger partial charge in [0.2, 0.25) is 0 Å². The Morgan fingerprint density at radius 3 is 2.58 bits per heavy atom. The predicted molar refractivity (Wildman–Crippen MR) is 128 cm³/mol. The van der Waals surface area contributed by atoms with Crippen LogP contribution in [0.4, 0.5) is 22.2 Å². The van der Waals surface area contributed by atoms with Gasteiger partial charge in [0.05, 0.1) is 0 Å². The fraction of sp³-hybridized carbons (Fsp3) is 0.652. The van der Waals surface area contributed by atoms with Crippen molar-refractivity contribution in [3.05, 3.63) is 23.7 Å². The number of nitrogens with zero attached hydrogens (tertiary/aromatic N) is 6. The summed E-state index contributed by atoms with van der Waals surface area (Å²) >= 11 is 0. The van der Waals surface area contributed by atoms with Gasteiger partial charge in [-0.2, -0.15) is 5.10 Å². The Hall–Kier alpha value is -2.88. The molecule has 4 rings (SSSR count). The van der Waals surface area contributed by atoms with Crippen LogP contribution in [-0.2, 0) is 11.2 Å². The molecule has 0 aliphatic carbocycles. The number of ether oxygens (including phenoxy) is 1. The Morgan fingerprint density at radius 1 is 1.15 bits per heavy atom. The monoisotopic (exact) mass is 456 g/mol. The number of aromatic amines is 1. The Bertz CT molecular complexity index is 962. The van der Waals surface area contributed by atoms with Crippen molar-refractivity contribution < 1.29 is 9.53 Å². The van der Waals surface area contributed by atoms with E-state index in [4.69, 9.17) is 14.7 Å². The summed E-state index contributed by atoms with van der Waals surface area (Å²) in [5, 5.41) is 10.6. The highest BCUT2D eigenvalue weighted by molar-refractivity contribution is 5.68. The molecule has 0 unspecified atom stereocenters. The van der Waals surface area contributed by atoms with Crippen LogP contribution in [0, 0.1) is 12.8 Å². The molecule has 10 nitrogen and oxygen atoms in total. The van der Waals surface area contributed by atoms with Crippen molar-refractivity contribution in [2.45, 2.75) is 46.1 Å². The molecule has 4 heterocycles. The van der Waals surface area contributed by atoms with Crippen LogP contribution in [0.2, 0.25) is 0 Å². The van der Waals surface area contributed by atoms with Crippen LogP contribution in [0.3, 0.4) is 0 Å². The maximum atomic E-state index is 12.4. The molecule has 0 radical (unpaired) electrons. The highest BCUT2D eigenvalue weighted by Gasteiger charge is 2.30. The maximum absolute atomic E-state index is 12.4. The van der Waals surface area contributed by atoms with Crippen molar-refractivity contribution in [1.82, 2.24) is 30.0 Å². The van der Waals surface area contributed by atoms with Gasteiger partial charge >= 0.3 is 6.09 Å². The van der Waals surface area contributed by atoms with Crippen LogP contribution in [0.1, 0.15) is 38.7 Å². The molecule has 2 aromatic rings. The summed E-state index contributed by atoms with van der Waals surface area (Å²) in [5.74, 6) is 3.50. The zero-order valence-corrected chi connectivity index (χ0v) is 20.4. The fourth-order valence-corrected chi connectivity index (χ4v) is 4.20. The molecule has 2 saturated heterocycles. The summed E-state index contributed by atoms with van der Waals surface area (Å²) in [4.78, 5) is 28.6. The minimum atomic E-state index is -0.486. The van der Waals surface area contributed by atoms with Gasteiger partial charge in [0, 0.05) is 63.5 Å². The van der Waals surface area contributed by atoms with E-state index in [9.17, 15) is 4.79 Å². The predicted octanol–water partition coefficient (Wildman–Crippen LogP) is 2.80. The second kappa shape index (κ2) is 9.54. The van der Waals surface area contributed by atoms with Gasteiger partial charge in [0.15, 0.2) is 5.82 Å². The highest BCUT2D eigenvalue weighted by atomic mass is 16.6. The number of aromatic nitrogens is 4. The number of aryl methyl sites for hydroxylation is 1. The van der Waals surface area contributed by atoms with Crippen LogP contribution < -0.4 is 10.2 Å². The van der Waals surface area contributed by atoms with Crippen molar-refractivity contribution in [2.24, 2.45) is 5.92 Å². The number of likely N-dealkylation sites (tertiary alicyclic amines) is 1. The largest absolute Gasteiger partial charge is 0.444 e. The van der Waals surface area contributed by atoms with E-state index in [2.05, 4.69) is 32.4 Å². The van der Waals surface area contributed by atoms with Gasteiger partial charge in [0.1, 0.15) is 23.1 Å². The van der Waals surface area contributed by atoms with E-state index in [0.717, 1.165) is 68.0 Å². The zero-order valence-electron chi connectivity index (χ0n) is 20.4. The molecule has 0 saturated carbocycles. The summed E-state index contributed by atoms with van der Waals surface area (Å²) in [6, 6.07) is 3.95. The number of nitrogens with one attached hydrogen (secondary N) is 2. The molecule has 2 aliphatic heterocycles. The number of hydrogen-bond acceptors (Lipinski definition) is 8. The van der Waals surface area contributed by atoms with Crippen molar-refractivity contribution in [2.75, 3.05) is 56.5 Å². The van der Waals surface area contributed by atoms with Gasteiger partial charge < -0.3 is 24.8 Å². The van der Waals surface area contributed by atoms with E-state index in [1.54, 1.807) is 4.90 Å². The summed E-state index contributed by atoms with van der Waals surface area (Å²) in [5.41, 5.74) is 0.500. The number of piperazine rings is 1. The average Bonchev–Trinajstić information content (AvgIpc) is 3.36. The van der Waals surface area contributed by atoms with Gasteiger partial charge in [-0.05, 0) is 47.1 Å². The number of hydrogen-bond donors (Lipinski definition) is 2. The lowest BCUT2D eigenvalue weighted by Gasteiger charge is -2.33. The first-order valence-electron chi connectivity index (χ1n) is 11.7. The molecule has 2 aliphatic rings. The Labute approximate surface area is 195 Å². The fourth-order valence-electron chi connectivity index (χ4n) is 4.20. The number of amides is 1. The first-order chi connectivity index (χ1) is 15.6. The van der Waals surface area contributed by atoms with Gasteiger partial charge in [-0.1, -0.05) is 0 Å². The number of carbonyl (C=O) groups is 1. The van der Waals surface area contributed by atoms with Crippen molar-refractivity contribution in [1.29, 1.82) is 0 Å². The lowest BCUT2D eigenvalue weighted by atomic mass is 10.0. The van der Waals surface area contributed by atoms with Gasteiger partial charge in [-0.15, -0.1) is 0 Å². The first kappa shape index (κ1) is 23.3. The third-order valence-corrected chi connectivity index (χ3v) is 5.96. The standard InChI is InChI=1S/C23H36N8O2/c1-16-12-20(28-27-16)25-19-14-21(30-10-8-29(5)9-11-30)26-18(24-19)13-17-6-7-31(15-17)22(32)33-23(2,3)4/h12,14,17H,6-11,13,15H2,1-5H3,(H2,24,25,26,27,28)/t17-/m0/s1. The molecular weight excluding hydrogens is 420 g/mol. The Kier molecular flexibility index (Phi) is 6.73. The van der Waals surface area contributed by atoms with Crippen LogP contribution in [0.25, 0.3) is 0 Å². The van der Waals surface area contributed by atoms with Crippen molar-refractivity contribution >= 4 is 23.5 Å². The first-order valence-corrected chi connectivity index (χ1v) is 11.7. The maximum Gasteiger partial charge on any atom is 0.410 e. The second-order valence-corrected chi connectivity index (χ2v) is 10.2. The third kappa shape index (κ3) is 6.34.